The normalized spacial score (nSPS) is 11.9. The zero-order chi connectivity index (χ0) is 37.8. The summed E-state index contributed by atoms with van der Waals surface area (Å²) in [6.07, 6.45) is 10.3. The van der Waals surface area contributed by atoms with Crippen LogP contribution < -0.4 is 4.74 Å². The fourth-order valence-electron chi connectivity index (χ4n) is 5.06. The van der Waals surface area contributed by atoms with Gasteiger partial charge in [-0.25, -0.2) is 26.9 Å². The molecule has 7 heteroatoms. The molecule has 0 saturated carbocycles. The number of rotatable bonds is 10. The molecule has 266 valence electrons. The van der Waals surface area contributed by atoms with Crippen LogP contribution in [0.3, 0.4) is 0 Å². The highest BCUT2D eigenvalue weighted by atomic mass is 19.2. The topological polar surface area (TPSA) is 21.6 Å². The zero-order valence-corrected chi connectivity index (χ0v) is 29.8. The number of halogens is 5. The van der Waals surface area contributed by atoms with Crippen molar-refractivity contribution in [1.82, 2.24) is 0 Å². The van der Waals surface area contributed by atoms with Crippen molar-refractivity contribution in [2.24, 2.45) is 4.99 Å². The van der Waals surface area contributed by atoms with Gasteiger partial charge in [0.05, 0.1) is 18.5 Å². The van der Waals surface area contributed by atoms with Crippen LogP contribution in [-0.2, 0) is 6.42 Å². The van der Waals surface area contributed by atoms with Gasteiger partial charge in [0, 0.05) is 11.6 Å². The number of hydrogen-bond donors (Lipinski definition) is 0. The van der Waals surface area contributed by atoms with E-state index >= 15 is 0 Å². The number of nitrogens with zero attached hydrogens (tertiary/aromatic N) is 1. The lowest BCUT2D eigenvalue weighted by Gasteiger charge is -2.11. The first-order chi connectivity index (χ1) is 24.9. The molecule has 0 amide bonds. The number of allylic oxidation sites excluding steroid dienone is 4. The van der Waals surface area contributed by atoms with E-state index in [1.165, 1.54) is 23.8 Å². The Kier molecular flexibility index (Phi) is 13.8. The van der Waals surface area contributed by atoms with Crippen LogP contribution in [0.2, 0.25) is 0 Å². The van der Waals surface area contributed by atoms with Crippen molar-refractivity contribution < 1.29 is 26.7 Å². The van der Waals surface area contributed by atoms with Crippen molar-refractivity contribution in [3.63, 3.8) is 0 Å². The van der Waals surface area contributed by atoms with E-state index in [2.05, 4.69) is 25.6 Å². The quantitative estimate of drug-likeness (QED) is 0.0805. The average molecular weight is 706 g/mol. The maximum Gasteiger partial charge on any atom is 0.160 e. The summed E-state index contributed by atoms with van der Waals surface area (Å²) in [4.78, 5) is 4.74. The predicted octanol–water partition coefficient (Wildman–Crippen LogP) is 12.7. The minimum Gasteiger partial charge on any atom is -0.496 e. The second kappa shape index (κ2) is 18.4. The summed E-state index contributed by atoms with van der Waals surface area (Å²) < 4.78 is 71.9. The summed E-state index contributed by atoms with van der Waals surface area (Å²) in [5.41, 5.74) is 7.95. The van der Waals surface area contributed by atoms with Crippen molar-refractivity contribution in [3.8, 4) is 5.75 Å². The third-order valence-corrected chi connectivity index (χ3v) is 8.04. The number of aliphatic imine (C=N–C) groups is 1. The number of methoxy groups -OCH3 is 1. The smallest absolute Gasteiger partial charge is 0.160 e. The van der Waals surface area contributed by atoms with Gasteiger partial charge in [-0.2, -0.15) is 0 Å². The van der Waals surface area contributed by atoms with Gasteiger partial charge in [-0.3, -0.25) is 0 Å². The molecular formula is C45H40F5NO. The molecule has 0 radical (unpaired) electrons. The van der Waals surface area contributed by atoms with E-state index in [9.17, 15) is 22.0 Å². The van der Waals surface area contributed by atoms with Crippen LogP contribution in [0.15, 0.2) is 132 Å². The molecule has 0 atom stereocenters. The van der Waals surface area contributed by atoms with E-state index in [0.29, 0.717) is 22.4 Å². The van der Waals surface area contributed by atoms with E-state index in [1.807, 2.05) is 67.6 Å². The van der Waals surface area contributed by atoms with Gasteiger partial charge in [0.2, 0.25) is 0 Å². The molecule has 0 aliphatic heterocycles. The molecule has 0 N–H and O–H groups in total. The second-order valence-electron chi connectivity index (χ2n) is 12.1. The Morgan fingerprint density at radius 3 is 1.96 bits per heavy atom. The first kappa shape index (κ1) is 39.0. The highest BCUT2D eigenvalue weighted by Gasteiger charge is 2.11. The van der Waals surface area contributed by atoms with Gasteiger partial charge in [-0.05, 0) is 126 Å². The van der Waals surface area contributed by atoms with Crippen molar-refractivity contribution in [1.29, 1.82) is 0 Å². The lowest BCUT2D eigenvalue weighted by Crippen LogP contribution is -2.02. The van der Waals surface area contributed by atoms with Crippen molar-refractivity contribution >= 4 is 29.6 Å². The molecule has 0 aliphatic carbocycles. The third-order valence-electron chi connectivity index (χ3n) is 8.04. The standard InChI is InChI=1S/C38H34F3NO.C7H6F2/c1-6-28-8-7-9-29(21-28)15-19-37(42-32-16-18-35(40)36(41)24-32)33(22-31-14-17-34(39)27(4)20-31)25(2)10-12-30-13-11-26(3)38(23-30)43-5;1-5-2-3-6(8)7(9)4-5/h7-24H,2,6H2,1,3-5H3;2-4H,1H3/b12-10+,19-15+,33-22-,42-37?;. The third kappa shape index (κ3) is 11.1. The summed E-state index contributed by atoms with van der Waals surface area (Å²) in [7, 11) is 1.63. The van der Waals surface area contributed by atoms with E-state index in [-0.39, 0.29) is 11.5 Å². The van der Waals surface area contributed by atoms with Gasteiger partial charge in [0.25, 0.3) is 0 Å². The fraction of sp³-hybridized carbons (Fsp3) is 0.133. The van der Waals surface area contributed by atoms with Crippen LogP contribution >= 0.6 is 0 Å². The van der Waals surface area contributed by atoms with Gasteiger partial charge in [0.15, 0.2) is 23.3 Å². The van der Waals surface area contributed by atoms with Gasteiger partial charge < -0.3 is 4.74 Å². The molecule has 0 fully saturated rings. The molecule has 0 saturated heterocycles. The van der Waals surface area contributed by atoms with Crippen LogP contribution in [-0.4, -0.2) is 12.8 Å². The van der Waals surface area contributed by atoms with Crippen LogP contribution in [0.5, 0.6) is 5.75 Å². The largest absolute Gasteiger partial charge is 0.496 e. The summed E-state index contributed by atoms with van der Waals surface area (Å²) in [5, 5.41) is 0. The Labute approximate surface area is 302 Å². The minimum atomic E-state index is -0.994. The Hall–Kier alpha value is -5.82. The Balaban J connectivity index is 0.000000585. The van der Waals surface area contributed by atoms with Crippen molar-refractivity contribution in [2.45, 2.75) is 34.1 Å². The van der Waals surface area contributed by atoms with Gasteiger partial charge in [0.1, 0.15) is 11.6 Å². The Bertz CT molecular complexity index is 2180. The number of aryl methyl sites for hydroxylation is 4. The zero-order valence-electron chi connectivity index (χ0n) is 29.8. The number of benzene rings is 5. The molecule has 0 unspecified atom stereocenters. The van der Waals surface area contributed by atoms with E-state index in [1.54, 1.807) is 33.1 Å². The monoisotopic (exact) mass is 705 g/mol. The first-order valence-electron chi connectivity index (χ1n) is 16.6. The van der Waals surface area contributed by atoms with Crippen molar-refractivity contribution in [2.75, 3.05) is 7.11 Å². The molecular weight excluding hydrogens is 665 g/mol. The molecule has 5 rings (SSSR count). The van der Waals surface area contributed by atoms with Crippen LogP contribution in [0, 0.1) is 49.9 Å². The van der Waals surface area contributed by atoms with E-state index in [4.69, 9.17) is 9.73 Å². The second-order valence-corrected chi connectivity index (χ2v) is 12.1. The van der Waals surface area contributed by atoms with Crippen LogP contribution in [0.4, 0.5) is 27.6 Å². The fourth-order valence-corrected chi connectivity index (χ4v) is 5.06. The molecule has 0 aromatic heterocycles. The molecule has 52 heavy (non-hydrogen) atoms. The predicted molar refractivity (Wildman–Crippen MR) is 204 cm³/mol. The molecule has 5 aromatic rings. The molecule has 2 nitrogen and oxygen atoms in total. The van der Waals surface area contributed by atoms with Gasteiger partial charge >= 0.3 is 0 Å². The Morgan fingerprint density at radius 1 is 0.654 bits per heavy atom. The van der Waals surface area contributed by atoms with E-state index < -0.39 is 23.3 Å². The van der Waals surface area contributed by atoms with Crippen LogP contribution in [0.1, 0.15) is 45.9 Å². The lowest BCUT2D eigenvalue weighted by molar-refractivity contribution is 0.411. The maximum absolute atomic E-state index is 14.2. The Morgan fingerprint density at radius 2 is 1.31 bits per heavy atom. The summed E-state index contributed by atoms with van der Waals surface area (Å²) >= 11 is 0. The summed E-state index contributed by atoms with van der Waals surface area (Å²) in [5.74, 6) is -3.06. The molecule has 0 heterocycles. The highest BCUT2D eigenvalue weighted by molar-refractivity contribution is 6.17. The van der Waals surface area contributed by atoms with Gasteiger partial charge in [-0.15, -0.1) is 0 Å². The lowest BCUT2D eigenvalue weighted by atomic mass is 9.96. The average Bonchev–Trinajstić information content (AvgIpc) is 3.13. The summed E-state index contributed by atoms with van der Waals surface area (Å²) in [6, 6.07) is 26.1. The van der Waals surface area contributed by atoms with E-state index in [0.717, 1.165) is 64.3 Å². The number of ether oxygens (including phenoxy) is 1. The molecule has 5 aromatic carbocycles. The highest BCUT2D eigenvalue weighted by Crippen LogP contribution is 2.26. The van der Waals surface area contributed by atoms with Crippen LogP contribution in [0.25, 0.3) is 18.2 Å². The van der Waals surface area contributed by atoms with Crippen molar-refractivity contribution in [3.05, 3.63) is 195 Å². The van der Waals surface area contributed by atoms with Gasteiger partial charge in [-0.1, -0.05) is 80.3 Å². The molecule has 0 aliphatic rings. The molecule has 0 spiro atoms. The SMILES string of the molecule is C=C(/C=C/c1ccc(C)c(OC)c1)/C(=C/c1ccc(F)c(C)c1)C(/C=C/c1cccc(CC)c1)=Nc1ccc(F)c(F)c1.Cc1ccc(F)c(F)c1. The minimum absolute atomic E-state index is 0.238. The summed E-state index contributed by atoms with van der Waals surface area (Å²) in [6.45, 7) is 11.8. The first-order valence-corrected chi connectivity index (χ1v) is 16.6. The maximum atomic E-state index is 14.2. The molecule has 0 bridgehead atoms. The number of hydrogen-bond acceptors (Lipinski definition) is 2.